The number of amides is 4. The van der Waals surface area contributed by atoms with E-state index in [2.05, 4.69) is 21.3 Å². The molecular weight excluding hydrogens is 422 g/mol. The zero-order valence-corrected chi connectivity index (χ0v) is 20.7. The fraction of sp³-hybridized carbons (Fsp3) is 0.625. The predicted octanol–water partition coefficient (Wildman–Crippen LogP) is 2.51. The molecule has 0 radical (unpaired) electrons. The minimum absolute atomic E-state index is 0.0493. The van der Waals surface area contributed by atoms with Gasteiger partial charge in [-0.25, -0.2) is 4.79 Å². The van der Waals surface area contributed by atoms with Crippen molar-refractivity contribution in [2.45, 2.75) is 85.2 Å². The molecule has 1 rings (SSSR count). The minimum atomic E-state index is -0.758. The summed E-state index contributed by atoms with van der Waals surface area (Å²) in [5.74, 6) is -0.503. The van der Waals surface area contributed by atoms with E-state index in [9.17, 15) is 14.4 Å². The second kappa shape index (κ2) is 14.5. The number of nitrogens with two attached hydrogens (primary N) is 1. The van der Waals surface area contributed by atoms with Crippen LogP contribution in [0.1, 0.15) is 59.9 Å². The van der Waals surface area contributed by atoms with Crippen LogP contribution in [0.3, 0.4) is 0 Å². The van der Waals surface area contributed by atoms with Gasteiger partial charge < -0.3 is 31.7 Å². The van der Waals surface area contributed by atoms with Crippen LogP contribution < -0.4 is 27.0 Å². The van der Waals surface area contributed by atoms with E-state index >= 15 is 0 Å². The van der Waals surface area contributed by atoms with Crippen LogP contribution in [-0.4, -0.2) is 48.6 Å². The number of benzene rings is 1. The molecule has 0 saturated carbocycles. The summed E-state index contributed by atoms with van der Waals surface area (Å²) in [4.78, 5) is 36.9. The Morgan fingerprint density at radius 3 is 2.12 bits per heavy atom. The molecule has 9 nitrogen and oxygen atoms in total. The second-order valence-corrected chi connectivity index (χ2v) is 9.08. The molecule has 0 heterocycles. The fourth-order valence-electron chi connectivity index (χ4n) is 3.15. The normalized spacial score (nSPS) is 13.1. The maximum atomic E-state index is 13.0. The predicted molar refractivity (Wildman–Crippen MR) is 131 cm³/mol. The molecule has 0 bridgehead atoms. The molecule has 4 amide bonds. The van der Waals surface area contributed by atoms with Crippen molar-refractivity contribution in [3.63, 3.8) is 0 Å². The maximum Gasteiger partial charge on any atom is 0.312 e. The van der Waals surface area contributed by atoms with E-state index in [1.807, 2.05) is 65.8 Å². The molecule has 0 aliphatic rings. The number of ether oxygens (including phenoxy) is 1. The van der Waals surface area contributed by atoms with Gasteiger partial charge in [0.15, 0.2) is 0 Å². The van der Waals surface area contributed by atoms with Crippen molar-refractivity contribution in [3.8, 4) is 0 Å². The van der Waals surface area contributed by atoms with Gasteiger partial charge in [0.05, 0.1) is 18.8 Å². The lowest BCUT2D eigenvalue weighted by Crippen LogP contribution is -2.54. The number of carbonyl (C=O) groups excluding carboxylic acids is 3. The maximum absolute atomic E-state index is 13.0. The van der Waals surface area contributed by atoms with Crippen molar-refractivity contribution in [2.75, 3.05) is 11.9 Å². The lowest BCUT2D eigenvalue weighted by molar-refractivity contribution is -0.129. The van der Waals surface area contributed by atoms with E-state index in [-0.39, 0.29) is 29.9 Å². The number of carbonyl (C=O) groups is 3. The Balaban J connectivity index is 2.85. The van der Waals surface area contributed by atoms with Crippen molar-refractivity contribution in [3.05, 3.63) is 29.8 Å². The minimum Gasteiger partial charge on any atom is -0.374 e. The number of anilines is 1. The fourth-order valence-corrected chi connectivity index (χ4v) is 3.15. The number of urea groups is 1. The molecule has 0 unspecified atom stereocenters. The summed E-state index contributed by atoms with van der Waals surface area (Å²) in [6, 6.07) is 5.71. The molecular formula is C24H41N5O4. The lowest BCUT2D eigenvalue weighted by atomic mass is 10.0. The SMILES string of the molecule is CC(C)N[C@H](C(=O)N[C@@H](CCCNC(N)=O)C(=O)Nc1ccc(COC(C)C)cc1)C(C)C. The van der Waals surface area contributed by atoms with Crippen LogP contribution in [0.2, 0.25) is 0 Å². The standard InChI is InChI=1S/C24H41N5O4/c1-15(2)21(27-16(3)4)23(31)29-20(8-7-13-26-24(25)32)22(30)28-19-11-9-18(10-12-19)14-33-17(5)6/h9-12,15-17,20-21,27H,7-8,13-14H2,1-6H3,(H,28,30)(H,29,31)(H3,25,26,32)/t20-,21-/m0/s1. The summed E-state index contributed by atoms with van der Waals surface area (Å²) in [5.41, 5.74) is 6.74. The summed E-state index contributed by atoms with van der Waals surface area (Å²) in [6.07, 6.45) is 0.971. The van der Waals surface area contributed by atoms with Gasteiger partial charge in [0.2, 0.25) is 11.8 Å². The van der Waals surface area contributed by atoms with Crippen LogP contribution in [-0.2, 0) is 20.9 Å². The van der Waals surface area contributed by atoms with Gasteiger partial charge in [-0.3, -0.25) is 9.59 Å². The third kappa shape index (κ3) is 11.7. The Morgan fingerprint density at radius 2 is 1.61 bits per heavy atom. The molecule has 6 N–H and O–H groups in total. The van der Waals surface area contributed by atoms with Crippen LogP contribution in [0.5, 0.6) is 0 Å². The van der Waals surface area contributed by atoms with Gasteiger partial charge in [-0.15, -0.1) is 0 Å². The van der Waals surface area contributed by atoms with Crippen LogP contribution in [0.4, 0.5) is 10.5 Å². The Labute approximate surface area is 197 Å². The first-order chi connectivity index (χ1) is 15.5. The van der Waals surface area contributed by atoms with Crippen molar-refractivity contribution in [1.29, 1.82) is 0 Å². The monoisotopic (exact) mass is 463 g/mol. The van der Waals surface area contributed by atoms with Gasteiger partial charge in [0.25, 0.3) is 0 Å². The molecule has 2 atom stereocenters. The third-order valence-corrected chi connectivity index (χ3v) is 4.87. The molecule has 0 spiro atoms. The summed E-state index contributed by atoms with van der Waals surface area (Å²) < 4.78 is 5.59. The molecule has 0 aliphatic heterocycles. The van der Waals surface area contributed by atoms with E-state index in [0.29, 0.717) is 31.7 Å². The molecule has 186 valence electrons. The lowest BCUT2D eigenvalue weighted by Gasteiger charge is -2.27. The van der Waals surface area contributed by atoms with Gasteiger partial charge >= 0.3 is 6.03 Å². The summed E-state index contributed by atoms with van der Waals surface area (Å²) in [5, 5.41) is 11.5. The zero-order valence-electron chi connectivity index (χ0n) is 20.7. The Kier molecular flexibility index (Phi) is 12.5. The van der Waals surface area contributed by atoms with E-state index in [1.165, 1.54) is 0 Å². The number of hydrogen-bond acceptors (Lipinski definition) is 5. The Morgan fingerprint density at radius 1 is 0.970 bits per heavy atom. The van der Waals surface area contributed by atoms with E-state index in [1.54, 1.807) is 0 Å². The second-order valence-electron chi connectivity index (χ2n) is 9.08. The molecule has 0 aliphatic carbocycles. The first kappa shape index (κ1) is 28.4. The Hall–Kier alpha value is -2.65. The van der Waals surface area contributed by atoms with Crippen molar-refractivity contribution in [2.24, 2.45) is 11.7 Å². The largest absolute Gasteiger partial charge is 0.374 e. The van der Waals surface area contributed by atoms with E-state index < -0.39 is 18.1 Å². The zero-order chi connectivity index (χ0) is 25.0. The first-order valence-corrected chi connectivity index (χ1v) is 11.6. The molecule has 0 saturated heterocycles. The van der Waals surface area contributed by atoms with Crippen molar-refractivity contribution >= 4 is 23.5 Å². The van der Waals surface area contributed by atoms with Crippen LogP contribution >= 0.6 is 0 Å². The highest BCUT2D eigenvalue weighted by Gasteiger charge is 2.27. The number of rotatable bonds is 14. The van der Waals surface area contributed by atoms with Crippen LogP contribution in [0.25, 0.3) is 0 Å². The van der Waals surface area contributed by atoms with E-state index in [0.717, 1.165) is 5.56 Å². The first-order valence-electron chi connectivity index (χ1n) is 11.6. The number of primary amides is 1. The summed E-state index contributed by atoms with van der Waals surface area (Å²) >= 11 is 0. The van der Waals surface area contributed by atoms with Gasteiger partial charge in [-0.05, 0) is 50.3 Å². The smallest absolute Gasteiger partial charge is 0.312 e. The summed E-state index contributed by atoms with van der Waals surface area (Å²) in [7, 11) is 0. The molecule has 0 fully saturated rings. The quantitative estimate of drug-likeness (QED) is 0.270. The highest BCUT2D eigenvalue weighted by atomic mass is 16.5. The highest BCUT2D eigenvalue weighted by molar-refractivity contribution is 5.97. The molecule has 9 heteroatoms. The third-order valence-electron chi connectivity index (χ3n) is 4.87. The van der Waals surface area contributed by atoms with Crippen molar-refractivity contribution < 1.29 is 19.1 Å². The van der Waals surface area contributed by atoms with Gasteiger partial charge in [0, 0.05) is 18.3 Å². The number of hydrogen-bond donors (Lipinski definition) is 5. The van der Waals surface area contributed by atoms with Gasteiger partial charge in [-0.1, -0.05) is 39.8 Å². The number of nitrogens with one attached hydrogen (secondary N) is 4. The van der Waals surface area contributed by atoms with Crippen LogP contribution in [0.15, 0.2) is 24.3 Å². The summed E-state index contributed by atoms with van der Waals surface area (Å²) in [6.45, 7) is 12.6. The average molecular weight is 464 g/mol. The molecule has 0 aromatic heterocycles. The van der Waals surface area contributed by atoms with Crippen molar-refractivity contribution in [1.82, 2.24) is 16.0 Å². The molecule has 1 aromatic rings. The average Bonchev–Trinajstić information content (AvgIpc) is 2.72. The van der Waals surface area contributed by atoms with Gasteiger partial charge in [-0.2, -0.15) is 0 Å². The highest BCUT2D eigenvalue weighted by Crippen LogP contribution is 2.13. The topological polar surface area (TPSA) is 135 Å². The Bertz CT molecular complexity index is 750. The van der Waals surface area contributed by atoms with Crippen LogP contribution in [0, 0.1) is 5.92 Å². The molecule has 1 aromatic carbocycles. The van der Waals surface area contributed by atoms with E-state index in [4.69, 9.17) is 10.5 Å². The van der Waals surface area contributed by atoms with Gasteiger partial charge in [0.1, 0.15) is 6.04 Å². The molecule has 33 heavy (non-hydrogen) atoms.